The molecular weight excluding hydrogens is 304 g/mol. The molecule has 1 aromatic carbocycles. The van der Waals surface area contributed by atoms with Gasteiger partial charge in [-0.05, 0) is 43.3 Å². The van der Waals surface area contributed by atoms with Crippen LogP contribution >= 0.6 is 0 Å². The van der Waals surface area contributed by atoms with E-state index >= 15 is 0 Å². The van der Waals surface area contributed by atoms with Crippen LogP contribution in [0.4, 0.5) is 0 Å². The SMILES string of the molecule is C=CC(=O)CCC(CCC(=O)C=C)O[Si](C)(C)c1ccccc1. The fourth-order valence-corrected chi connectivity index (χ4v) is 4.60. The predicted molar refractivity (Wildman–Crippen MR) is 97.3 cm³/mol. The Kier molecular flexibility index (Phi) is 7.85. The van der Waals surface area contributed by atoms with Crippen LogP contribution in [0.1, 0.15) is 25.7 Å². The standard InChI is InChI=1S/C19H26O3Si/c1-5-16(20)12-14-18(15-13-17(21)6-2)22-23(3,4)19-10-8-7-9-11-19/h5-11,18H,1-2,12-15H2,3-4H3. The Morgan fingerprint density at radius 3 is 1.96 bits per heavy atom. The van der Waals surface area contributed by atoms with Crippen LogP contribution in [-0.2, 0) is 14.0 Å². The van der Waals surface area contributed by atoms with E-state index in [0.717, 1.165) is 0 Å². The molecule has 0 aliphatic heterocycles. The monoisotopic (exact) mass is 330 g/mol. The van der Waals surface area contributed by atoms with E-state index in [1.54, 1.807) is 0 Å². The van der Waals surface area contributed by atoms with Crippen molar-refractivity contribution >= 4 is 25.1 Å². The Balaban J connectivity index is 2.76. The van der Waals surface area contributed by atoms with Crippen molar-refractivity contribution in [2.45, 2.75) is 44.9 Å². The second-order valence-corrected chi connectivity index (χ2v) is 9.87. The maximum absolute atomic E-state index is 11.5. The molecule has 0 fully saturated rings. The zero-order chi connectivity index (χ0) is 17.3. The van der Waals surface area contributed by atoms with Crippen molar-refractivity contribution in [2.24, 2.45) is 0 Å². The summed E-state index contributed by atoms with van der Waals surface area (Å²) in [4.78, 5) is 23.0. The van der Waals surface area contributed by atoms with E-state index in [0.29, 0.717) is 25.7 Å². The fourth-order valence-electron chi connectivity index (χ4n) is 2.40. The first kappa shape index (κ1) is 19.3. The third-order valence-corrected chi connectivity index (χ3v) is 6.46. The first-order valence-electron chi connectivity index (χ1n) is 7.93. The minimum atomic E-state index is -2.08. The quantitative estimate of drug-likeness (QED) is 0.460. The third-order valence-electron chi connectivity index (χ3n) is 3.81. The van der Waals surface area contributed by atoms with Gasteiger partial charge in [0.25, 0.3) is 0 Å². The summed E-state index contributed by atoms with van der Waals surface area (Å²) in [6, 6.07) is 10.1. The second kappa shape index (κ2) is 9.38. The number of carbonyl (C=O) groups excluding carboxylic acids is 2. The average Bonchev–Trinajstić information content (AvgIpc) is 2.57. The zero-order valence-electron chi connectivity index (χ0n) is 14.1. The number of hydrogen-bond donors (Lipinski definition) is 0. The summed E-state index contributed by atoms with van der Waals surface area (Å²) < 4.78 is 6.38. The lowest BCUT2D eigenvalue weighted by molar-refractivity contribution is -0.115. The minimum absolute atomic E-state index is 0.00725. The van der Waals surface area contributed by atoms with Crippen molar-refractivity contribution in [1.29, 1.82) is 0 Å². The van der Waals surface area contributed by atoms with Crippen LogP contribution in [0.15, 0.2) is 55.6 Å². The van der Waals surface area contributed by atoms with Gasteiger partial charge in [-0.15, -0.1) is 0 Å². The number of hydrogen-bond acceptors (Lipinski definition) is 3. The van der Waals surface area contributed by atoms with Gasteiger partial charge in [0.05, 0.1) is 0 Å². The van der Waals surface area contributed by atoms with Crippen molar-refractivity contribution in [3.8, 4) is 0 Å². The highest BCUT2D eigenvalue weighted by Crippen LogP contribution is 2.17. The number of rotatable bonds is 11. The van der Waals surface area contributed by atoms with Gasteiger partial charge in [-0.25, -0.2) is 0 Å². The molecule has 0 heterocycles. The van der Waals surface area contributed by atoms with E-state index < -0.39 is 8.32 Å². The van der Waals surface area contributed by atoms with Gasteiger partial charge in [-0.1, -0.05) is 43.5 Å². The van der Waals surface area contributed by atoms with E-state index in [1.807, 2.05) is 18.2 Å². The van der Waals surface area contributed by atoms with Crippen molar-refractivity contribution < 1.29 is 14.0 Å². The molecule has 23 heavy (non-hydrogen) atoms. The smallest absolute Gasteiger partial charge is 0.218 e. The van der Waals surface area contributed by atoms with Crippen LogP contribution in [0, 0.1) is 0 Å². The lowest BCUT2D eigenvalue weighted by Crippen LogP contribution is -2.47. The molecule has 0 bridgehead atoms. The number of benzene rings is 1. The molecule has 0 saturated heterocycles. The molecule has 1 aromatic rings. The third kappa shape index (κ3) is 6.88. The molecule has 3 nitrogen and oxygen atoms in total. The van der Waals surface area contributed by atoms with Crippen molar-refractivity contribution in [1.82, 2.24) is 0 Å². The normalized spacial score (nSPS) is 11.3. The lowest BCUT2D eigenvalue weighted by atomic mass is 10.1. The van der Waals surface area contributed by atoms with Gasteiger partial charge in [-0.3, -0.25) is 9.59 Å². The Hall–Kier alpha value is -1.78. The first-order chi connectivity index (χ1) is 10.9. The Labute approximate surface area is 140 Å². The Morgan fingerprint density at radius 2 is 1.52 bits per heavy atom. The van der Waals surface area contributed by atoms with E-state index in [9.17, 15) is 9.59 Å². The van der Waals surface area contributed by atoms with Crippen molar-refractivity contribution in [3.05, 3.63) is 55.6 Å². The highest BCUT2D eigenvalue weighted by Gasteiger charge is 2.29. The van der Waals surface area contributed by atoms with E-state index in [-0.39, 0.29) is 17.7 Å². The summed E-state index contributed by atoms with van der Waals surface area (Å²) in [5, 5.41) is 1.20. The molecule has 0 aliphatic rings. The summed E-state index contributed by atoms with van der Waals surface area (Å²) in [6.07, 6.45) is 4.59. The number of carbonyl (C=O) groups is 2. The van der Waals surface area contributed by atoms with Gasteiger partial charge in [0.1, 0.15) is 0 Å². The minimum Gasteiger partial charge on any atom is -0.410 e. The van der Waals surface area contributed by atoms with Crippen LogP contribution in [0.2, 0.25) is 13.1 Å². The number of allylic oxidation sites excluding steroid dienone is 2. The molecule has 0 spiro atoms. The van der Waals surface area contributed by atoms with Crippen molar-refractivity contribution in [3.63, 3.8) is 0 Å². The zero-order valence-corrected chi connectivity index (χ0v) is 15.1. The van der Waals surface area contributed by atoms with E-state index in [2.05, 4.69) is 38.4 Å². The molecule has 1 rings (SSSR count). The summed E-state index contributed by atoms with van der Waals surface area (Å²) in [7, 11) is -2.08. The predicted octanol–water partition coefficient (Wildman–Crippen LogP) is 3.55. The Morgan fingerprint density at radius 1 is 1.04 bits per heavy atom. The van der Waals surface area contributed by atoms with Gasteiger partial charge in [-0.2, -0.15) is 0 Å². The molecule has 0 radical (unpaired) electrons. The summed E-state index contributed by atoms with van der Waals surface area (Å²) in [6.45, 7) is 11.3. The van der Waals surface area contributed by atoms with Gasteiger partial charge < -0.3 is 4.43 Å². The topological polar surface area (TPSA) is 43.4 Å². The molecule has 0 saturated carbocycles. The molecule has 0 N–H and O–H groups in total. The average molecular weight is 330 g/mol. The van der Waals surface area contributed by atoms with Crippen LogP contribution in [0.5, 0.6) is 0 Å². The molecule has 0 unspecified atom stereocenters. The first-order valence-corrected chi connectivity index (χ1v) is 10.8. The lowest BCUT2D eigenvalue weighted by Gasteiger charge is -2.29. The van der Waals surface area contributed by atoms with E-state index in [1.165, 1.54) is 17.3 Å². The molecule has 0 aliphatic carbocycles. The molecule has 0 amide bonds. The number of ketones is 2. The van der Waals surface area contributed by atoms with Crippen LogP contribution in [0.25, 0.3) is 0 Å². The van der Waals surface area contributed by atoms with Gasteiger partial charge in [0.2, 0.25) is 8.32 Å². The van der Waals surface area contributed by atoms with Gasteiger partial charge in [0, 0.05) is 18.9 Å². The highest BCUT2D eigenvalue weighted by atomic mass is 28.4. The van der Waals surface area contributed by atoms with Gasteiger partial charge >= 0.3 is 0 Å². The molecule has 124 valence electrons. The van der Waals surface area contributed by atoms with E-state index in [4.69, 9.17) is 4.43 Å². The van der Waals surface area contributed by atoms with Crippen LogP contribution < -0.4 is 5.19 Å². The van der Waals surface area contributed by atoms with Crippen molar-refractivity contribution in [2.75, 3.05) is 0 Å². The molecular formula is C19H26O3Si. The van der Waals surface area contributed by atoms with Gasteiger partial charge in [0.15, 0.2) is 11.6 Å². The molecule has 0 aromatic heterocycles. The molecule has 4 heteroatoms. The van der Waals surface area contributed by atoms with Crippen LogP contribution in [-0.4, -0.2) is 26.0 Å². The van der Waals surface area contributed by atoms with Crippen LogP contribution in [0.3, 0.4) is 0 Å². The summed E-state index contributed by atoms with van der Waals surface area (Å²) in [5.74, 6) is 0.0145. The fraction of sp³-hybridized carbons (Fsp3) is 0.368. The molecule has 0 atom stereocenters. The highest BCUT2D eigenvalue weighted by molar-refractivity contribution is 6.84. The summed E-state index contributed by atoms with van der Waals surface area (Å²) in [5.41, 5.74) is 0. The second-order valence-electron chi connectivity index (χ2n) is 6.03. The maximum atomic E-state index is 11.5. The largest absolute Gasteiger partial charge is 0.410 e. The Bertz CT molecular complexity index is 525. The summed E-state index contributed by atoms with van der Waals surface area (Å²) >= 11 is 0. The maximum Gasteiger partial charge on any atom is 0.218 e.